The molecule has 2 N–H and O–H groups in total. The Morgan fingerprint density at radius 1 is 1.47 bits per heavy atom. The molecule has 0 heterocycles. The van der Waals surface area contributed by atoms with Gasteiger partial charge >= 0.3 is 5.69 Å². The summed E-state index contributed by atoms with van der Waals surface area (Å²) in [5.41, 5.74) is -0.688. The van der Waals surface area contributed by atoms with Crippen molar-refractivity contribution in [1.82, 2.24) is 4.89 Å². The SMILES string of the molecule is CC(C)CONS(=O)(=O)c1ccc(O)c([N+](=O)[O-])c1. The van der Waals surface area contributed by atoms with Crippen LogP contribution < -0.4 is 4.89 Å². The molecule has 0 saturated heterocycles. The Balaban J connectivity index is 2.96. The Bertz CT molecular complexity index is 569. The van der Waals surface area contributed by atoms with Crippen molar-refractivity contribution >= 4 is 15.7 Å². The van der Waals surface area contributed by atoms with Crippen molar-refractivity contribution in [1.29, 1.82) is 0 Å². The molecule has 0 aromatic heterocycles. The lowest BCUT2D eigenvalue weighted by molar-refractivity contribution is -0.386. The smallest absolute Gasteiger partial charge is 0.312 e. The molecule has 0 aliphatic carbocycles. The van der Waals surface area contributed by atoms with Crippen LogP contribution in [0, 0.1) is 16.0 Å². The zero-order chi connectivity index (χ0) is 14.6. The van der Waals surface area contributed by atoms with Crippen molar-refractivity contribution in [2.24, 2.45) is 5.92 Å². The molecule has 0 unspecified atom stereocenters. The summed E-state index contributed by atoms with van der Waals surface area (Å²) in [6, 6.07) is 2.74. The maximum atomic E-state index is 11.8. The average Bonchev–Trinajstić information content (AvgIpc) is 2.27. The molecule has 0 saturated carbocycles. The number of aromatic hydroxyl groups is 1. The molecule has 0 amide bonds. The van der Waals surface area contributed by atoms with E-state index in [1.165, 1.54) is 0 Å². The van der Waals surface area contributed by atoms with Crippen LogP contribution in [0.3, 0.4) is 0 Å². The fourth-order valence-corrected chi connectivity index (χ4v) is 1.98. The molecule has 106 valence electrons. The Hall–Kier alpha value is -1.71. The molecule has 0 aliphatic heterocycles. The van der Waals surface area contributed by atoms with Crippen LogP contribution in [-0.2, 0) is 14.9 Å². The zero-order valence-electron chi connectivity index (χ0n) is 10.4. The molecule has 9 heteroatoms. The molecule has 1 rings (SSSR count). The van der Waals surface area contributed by atoms with E-state index in [0.29, 0.717) is 0 Å². The monoisotopic (exact) mass is 290 g/mol. The third-order valence-corrected chi connectivity index (χ3v) is 3.25. The Morgan fingerprint density at radius 3 is 2.63 bits per heavy atom. The lowest BCUT2D eigenvalue weighted by Crippen LogP contribution is -2.25. The van der Waals surface area contributed by atoms with Crippen LogP contribution in [-0.4, -0.2) is 25.1 Å². The summed E-state index contributed by atoms with van der Waals surface area (Å²) in [4.78, 5) is 16.0. The third-order valence-electron chi connectivity index (χ3n) is 2.04. The van der Waals surface area contributed by atoms with Gasteiger partial charge in [0.2, 0.25) is 0 Å². The number of rotatable bonds is 6. The van der Waals surface area contributed by atoms with Gasteiger partial charge in [-0.15, -0.1) is 0 Å². The van der Waals surface area contributed by atoms with Crippen molar-refractivity contribution < 1.29 is 23.3 Å². The number of nitrogens with zero attached hydrogens (tertiary/aromatic N) is 1. The molecular formula is C10H14N2O6S. The molecule has 0 bridgehead atoms. The molecule has 8 nitrogen and oxygen atoms in total. The third kappa shape index (κ3) is 4.16. The zero-order valence-corrected chi connectivity index (χ0v) is 11.2. The summed E-state index contributed by atoms with van der Waals surface area (Å²) in [6.45, 7) is 3.83. The maximum absolute atomic E-state index is 11.8. The molecule has 0 fully saturated rings. The number of sulfonamides is 1. The van der Waals surface area contributed by atoms with Crippen LogP contribution in [0.2, 0.25) is 0 Å². The van der Waals surface area contributed by atoms with E-state index in [1.54, 1.807) is 0 Å². The second-order valence-electron chi connectivity index (χ2n) is 4.20. The van der Waals surface area contributed by atoms with Gasteiger partial charge in [0.15, 0.2) is 5.75 Å². The summed E-state index contributed by atoms with van der Waals surface area (Å²) >= 11 is 0. The lowest BCUT2D eigenvalue weighted by Gasteiger charge is -2.09. The summed E-state index contributed by atoms with van der Waals surface area (Å²) < 4.78 is 23.5. The van der Waals surface area contributed by atoms with E-state index in [4.69, 9.17) is 4.84 Å². The standard InChI is InChI=1S/C10H14N2O6S/c1-7(2)6-18-11-19(16,17)8-3-4-10(13)9(5-8)12(14)15/h3-5,7,11,13H,6H2,1-2H3. The molecular weight excluding hydrogens is 276 g/mol. The summed E-state index contributed by atoms with van der Waals surface area (Å²) in [5, 5.41) is 19.8. The van der Waals surface area contributed by atoms with Gasteiger partial charge in [-0.05, 0) is 18.1 Å². The van der Waals surface area contributed by atoms with E-state index in [9.17, 15) is 23.6 Å². The molecule has 0 spiro atoms. The highest BCUT2D eigenvalue weighted by Crippen LogP contribution is 2.28. The van der Waals surface area contributed by atoms with Gasteiger partial charge in [-0.2, -0.15) is 0 Å². The predicted molar refractivity (Wildman–Crippen MR) is 65.9 cm³/mol. The van der Waals surface area contributed by atoms with E-state index in [-0.39, 0.29) is 17.4 Å². The van der Waals surface area contributed by atoms with Gasteiger partial charge in [-0.25, -0.2) is 8.42 Å². The highest BCUT2D eigenvalue weighted by atomic mass is 32.2. The second kappa shape index (κ2) is 5.95. The minimum Gasteiger partial charge on any atom is -0.502 e. The number of benzene rings is 1. The van der Waals surface area contributed by atoms with Crippen molar-refractivity contribution in [3.05, 3.63) is 28.3 Å². The lowest BCUT2D eigenvalue weighted by atomic mass is 10.2. The number of hydrogen-bond acceptors (Lipinski definition) is 6. The molecule has 19 heavy (non-hydrogen) atoms. The van der Waals surface area contributed by atoms with Crippen molar-refractivity contribution in [3.63, 3.8) is 0 Å². The second-order valence-corrected chi connectivity index (χ2v) is 5.84. The number of phenols is 1. The number of nitro groups is 1. The highest BCUT2D eigenvalue weighted by molar-refractivity contribution is 7.89. The van der Waals surface area contributed by atoms with E-state index in [0.717, 1.165) is 18.2 Å². The van der Waals surface area contributed by atoms with Gasteiger partial charge in [0.05, 0.1) is 16.4 Å². The minimum absolute atomic E-state index is 0.122. The van der Waals surface area contributed by atoms with Crippen LogP contribution in [0.1, 0.15) is 13.8 Å². The van der Waals surface area contributed by atoms with Crippen LogP contribution in [0.15, 0.2) is 23.1 Å². The van der Waals surface area contributed by atoms with Crippen LogP contribution >= 0.6 is 0 Å². The first-order chi connectivity index (χ1) is 8.74. The Labute approximate surface area is 110 Å². The number of nitro benzene ring substituents is 1. The fourth-order valence-electron chi connectivity index (χ4n) is 1.14. The number of hydrogen-bond donors (Lipinski definition) is 2. The van der Waals surface area contributed by atoms with Gasteiger partial charge in [0.1, 0.15) is 0 Å². The number of phenolic OH excluding ortho intramolecular Hbond substituents is 1. The number of nitrogens with one attached hydrogen (secondary N) is 1. The van der Waals surface area contributed by atoms with Gasteiger partial charge in [-0.1, -0.05) is 18.7 Å². The fraction of sp³-hybridized carbons (Fsp3) is 0.400. The quantitative estimate of drug-likeness (QED) is 0.599. The first kappa shape index (κ1) is 15.3. The van der Waals surface area contributed by atoms with Gasteiger partial charge in [0, 0.05) is 6.07 Å². The molecule has 1 aromatic carbocycles. The van der Waals surface area contributed by atoms with E-state index < -0.39 is 26.4 Å². The van der Waals surface area contributed by atoms with Gasteiger partial charge < -0.3 is 5.11 Å². The topological polar surface area (TPSA) is 119 Å². The van der Waals surface area contributed by atoms with Crippen molar-refractivity contribution in [2.75, 3.05) is 6.61 Å². The Kier molecular flexibility index (Phi) is 4.81. The summed E-state index contributed by atoms with van der Waals surface area (Å²) in [7, 11) is -4.02. The molecule has 0 aliphatic rings. The van der Waals surface area contributed by atoms with Gasteiger partial charge in [0.25, 0.3) is 10.0 Å². The van der Waals surface area contributed by atoms with Crippen molar-refractivity contribution in [3.8, 4) is 5.75 Å². The predicted octanol–water partition coefficient (Wildman–Crippen LogP) is 1.17. The minimum atomic E-state index is -4.02. The normalized spacial score (nSPS) is 11.7. The van der Waals surface area contributed by atoms with Gasteiger partial charge in [-0.3, -0.25) is 15.0 Å². The van der Waals surface area contributed by atoms with Crippen LogP contribution in [0.4, 0.5) is 5.69 Å². The van der Waals surface area contributed by atoms with Crippen LogP contribution in [0.25, 0.3) is 0 Å². The average molecular weight is 290 g/mol. The highest BCUT2D eigenvalue weighted by Gasteiger charge is 2.21. The Morgan fingerprint density at radius 2 is 2.11 bits per heavy atom. The molecule has 0 radical (unpaired) electrons. The van der Waals surface area contributed by atoms with Crippen LogP contribution in [0.5, 0.6) is 5.75 Å². The summed E-state index contributed by atoms with van der Waals surface area (Å²) in [6.07, 6.45) is 0. The largest absolute Gasteiger partial charge is 0.502 e. The first-order valence-corrected chi connectivity index (χ1v) is 6.83. The van der Waals surface area contributed by atoms with E-state index >= 15 is 0 Å². The molecule has 1 aromatic rings. The molecule has 0 atom stereocenters. The van der Waals surface area contributed by atoms with Crippen molar-refractivity contribution in [2.45, 2.75) is 18.7 Å². The summed E-state index contributed by atoms with van der Waals surface area (Å²) in [5.74, 6) is -0.482. The maximum Gasteiger partial charge on any atom is 0.312 e. The first-order valence-electron chi connectivity index (χ1n) is 5.35. The van der Waals surface area contributed by atoms with E-state index in [1.807, 2.05) is 18.7 Å². The van der Waals surface area contributed by atoms with E-state index in [2.05, 4.69) is 0 Å².